The number of ether oxygens (including phenoxy) is 1. The zero-order valence-corrected chi connectivity index (χ0v) is 19.7. The molecule has 31 heavy (non-hydrogen) atoms. The van der Waals surface area contributed by atoms with Gasteiger partial charge in [-0.1, -0.05) is 25.1 Å². The summed E-state index contributed by atoms with van der Waals surface area (Å²) in [7, 11) is 1.70. The largest absolute Gasteiger partial charge is 0.496 e. The predicted octanol–water partition coefficient (Wildman–Crippen LogP) is 5.89. The van der Waals surface area contributed by atoms with E-state index in [0.29, 0.717) is 0 Å². The van der Waals surface area contributed by atoms with E-state index < -0.39 is 0 Å². The Labute approximate surface area is 190 Å². The van der Waals surface area contributed by atoms with Crippen molar-refractivity contribution in [2.75, 3.05) is 31.4 Å². The molecule has 162 valence electrons. The van der Waals surface area contributed by atoms with Crippen LogP contribution < -0.4 is 9.64 Å². The molecule has 0 radical (unpaired) electrons. The molecule has 4 nitrogen and oxygen atoms in total. The maximum Gasteiger partial charge on any atom is 0.225 e. The predicted molar refractivity (Wildman–Crippen MR) is 130 cm³/mol. The summed E-state index contributed by atoms with van der Waals surface area (Å²) in [6, 6.07) is 14.9. The van der Waals surface area contributed by atoms with E-state index in [2.05, 4.69) is 71.4 Å². The normalized spacial score (nSPS) is 18.8. The Balaban J connectivity index is 0.000000151. The van der Waals surface area contributed by atoms with Crippen molar-refractivity contribution in [1.29, 1.82) is 0 Å². The van der Waals surface area contributed by atoms with Crippen molar-refractivity contribution in [2.45, 2.75) is 31.6 Å². The van der Waals surface area contributed by atoms with Crippen LogP contribution in [0.2, 0.25) is 0 Å². The molecule has 2 aromatic carbocycles. The summed E-state index contributed by atoms with van der Waals surface area (Å²) in [5, 5.41) is 0. The summed E-state index contributed by atoms with van der Waals surface area (Å²) in [6.07, 6.45) is 8.44. The number of benzene rings is 2. The van der Waals surface area contributed by atoms with E-state index >= 15 is 0 Å². The third-order valence-corrected chi connectivity index (χ3v) is 6.92. The minimum absolute atomic E-state index is 0.925. The second-order valence-corrected chi connectivity index (χ2v) is 9.20. The number of fused-ring (bicyclic) bond motifs is 1. The lowest BCUT2D eigenvalue weighted by Gasteiger charge is -2.17. The van der Waals surface area contributed by atoms with Crippen LogP contribution in [0, 0.1) is 18.8 Å². The molecule has 2 aliphatic rings. The van der Waals surface area contributed by atoms with Crippen LogP contribution in [0.1, 0.15) is 24.5 Å². The quantitative estimate of drug-likeness (QED) is 0.469. The zero-order valence-electron chi connectivity index (χ0n) is 18.8. The van der Waals surface area contributed by atoms with Crippen LogP contribution in [0.5, 0.6) is 5.75 Å². The molecule has 0 spiro atoms. The number of hydrogen-bond donors (Lipinski definition) is 0. The summed E-state index contributed by atoms with van der Waals surface area (Å²) in [6.45, 7) is 6.55. The van der Waals surface area contributed by atoms with Gasteiger partial charge >= 0.3 is 0 Å². The maximum atomic E-state index is 5.27. The fourth-order valence-electron chi connectivity index (χ4n) is 4.10. The van der Waals surface area contributed by atoms with Crippen LogP contribution >= 0.6 is 11.8 Å². The Morgan fingerprint density at radius 1 is 1.00 bits per heavy atom. The highest BCUT2D eigenvalue weighted by Crippen LogP contribution is 2.45. The van der Waals surface area contributed by atoms with Crippen LogP contribution in [-0.4, -0.2) is 36.4 Å². The van der Waals surface area contributed by atoms with Gasteiger partial charge in [-0.05, 0) is 84.4 Å². The smallest absolute Gasteiger partial charge is 0.225 e. The molecule has 2 atom stereocenters. The first-order valence-electron chi connectivity index (χ1n) is 11.0. The molecule has 2 heterocycles. The van der Waals surface area contributed by atoms with Gasteiger partial charge in [0.2, 0.25) is 5.95 Å². The van der Waals surface area contributed by atoms with Gasteiger partial charge in [-0.15, -0.1) is 11.8 Å². The lowest BCUT2D eigenvalue weighted by Crippen LogP contribution is -2.23. The maximum absolute atomic E-state index is 5.27. The van der Waals surface area contributed by atoms with Gasteiger partial charge in [0, 0.05) is 30.4 Å². The molecule has 1 saturated heterocycles. The second kappa shape index (κ2) is 9.73. The third-order valence-electron chi connectivity index (χ3n) is 6.18. The van der Waals surface area contributed by atoms with Gasteiger partial charge in [0.05, 0.1) is 7.11 Å². The summed E-state index contributed by atoms with van der Waals surface area (Å²) < 4.78 is 5.27. The molecule has 2 unspecified atom stereocenters. The fraction of sp³-hybridized carbons (Fsp3) is 0.385. The van der Waals surface area contributed by atoms with Crippen molar-refractivity contribution in [3.63, 3.8) is 0 Å². The van der Waals surface area contributed by atoms with Crippen LogP contribution in [0.15, 0.2) is 59.8 Å². The Morgan fingerprint density at radius 2 is 1.65 bits per heavy atom. The standard InChI is InChI=1S/C15H16OS.C11H15N3/c1-11-10-13(6-9-15(11)16-2)12-4-7-14(17-3)8-5-12;1-2-8-4-12-11(13-5-8)14-6-9-3-10(9)7-14/h4-10H,1-3H3;4-5,9-10H,2-3,6-7H2,1H3. The molecular weight excluding hydrogens is 402 g/mol. The molecule has 3 aromatic rings. The average molecular weight is 434 g/mol. The van der Waals surface area contributed by atoms with Gasteiger partial charge in [0.25, 0.3) is 0 Å². The van der Waals surface area contributed by atoms with Crippen molar-refractivity contribution < 1.29 is 4.74 Å². The van der Waals surface area contributed by atoms with Crippen LogP contribution in [0.3, 0.4) is 0 Å². The number of anilines is 1. The zero-order chi connectivity index (χ0) is 21.8. The van der Waals surface area contributed by atoms with Crippen LogP contribution in [0.25, 0.3) is 11.1 Å². The van der Waals surface area contributed by atoms with Gasteiger partial charge in [-0.3, -0.25) is 0 Å². The molecule has 2 fully saturated rings. The van der Waals surface area contributed by atoms with E-state index in [9.17, 15) is 0 Å². The monoisotopic (exact) mass is 433 g/mol. The topological polar surface area (TPSA) is 38.2 Å². The Kier molecular flexibility index (Phi) is 6.81. The molecule has 1 aromatic heterocycles. The minimum atomic E-state index is 0.925. The van der Waals surface area contributed by atoms with E-state index in [4.69, 9.17) is 4.74 Å². The molecular formula is C26H31N3OS. The van der Waals surface area contributed by atoms with Gasteiger partial charge in [-0.25, -0.2) is 9.97 Å². The summed E-state index contributed by atoms with van der Waals surface area (Å²) >= 11 is 1.76. The Hall–Kier alpha value is -2.53. The summed E-state index contributed by atoms with van der Waals surface area (Å²) in [5.74, 6) is 3.76. The second-order valence-electron chi connectivity index (χ2n) is 8.32. The SMILES string of the molecule is CCc1cnc(N2CC3CC3C2)nc1.COc1ccc(-c2ccc(SC)cc2)cc1C. The van der Waals surface area contributed by atoms with E-state index in [1.807, 2.05) is 18.5 Å². The van der Waals surface area contributed by atoms with Gasteiger partial charge in [-0.2, -0.15) is 0 Å². The van der Waals surface area contributed by atoms with Crippen molar-refractivity contribution in [3.8, 4) is 16.9 Å². The van der Waals surface area contributed by atoms with Gasteiger partial charge in [0.1, 0.15) is 5.75 Å². The number of nitrogens with zero attached hydrogens (tertiary/aromatic N) is 3. The first kappa shape index (κ1) is 21.7. The number of hydrogen-bond acceptors (Lipinski definition) is 5. The summed E-state index contributed by atoms with van der Waals surface area (Å²) in [5.41, 5.74) is 4.86. The first-order valence-corrected chi connectivity index (χ1v) is 12.2. The molecule has 0 N–H and O–H groups in total. The number of piperidine rings is 1. The molecule has 1 aliphatic carbocycles. The summed E-state index contributed by atoms with van der Waals surface area (Å²) in [4.78, 5) is 12.4. The highest BCUT2D eigenvalue weighted by atomic mass is 32.2. The first-order chi connectivity index (χ1) is 15.1. The van der Waals surface area contributed by atoms with Crippen molar-refractivity contribution in [2.24, 2.45) is 11.8 Å². The Morgan fingerprint density at radius 3 is 2.19 bits per heavy atom. The van der Waals surface area contributed by atoms with Crippen LogP contribution in [-0.2, 0) is 6.42 Å². The van der Waals surface area contributed by atoms with Crippen LogP contribution in [0.4, 0.5) is 5.95 Å². The molecule has 5 heteroatoms. The van der Waals surface area contributed by atoms with Gasteiger partial charge < -0.3 is 9.64 Å². The van der Waals surface area contributed by atoms with Gasteiger partial charge in [0.15, 0.2) is 0 Å². The fourth-order valence-corrected chi connectivity index (χ4v) is 4.51. The van der Waals surface area contributed by atoms with Crippen molar-refractivity contribution >= 4 is 17.7 Å². The number of aryl methyl sites for hydroxylation is 2. The minimum Gasteiger partial charge on any atom is -0.496 e. The van der Waals surface area contributed by atoms with Crippen molar-refractivity contribution in [3.05, 3.63) is 66.0 Å². The highest BCUT2D eigenvalue weighted by molar-refractivity contribution is 7.98. The van der Waals surface area contributed by atoms with E-state index in [1.165, 1.54) is 46.7 Å². The number of methoxy groups -OCH3 is 1. The Bertz CT molecular complexity index is 994. The average Bonchev–Trinajstić information content (AvgIpc) is 3.44. The highest BCUT2D eigenvalue weighted by Gasteiger charge is 2.45. The lowest BCUT2D eigenvalue weighted by molar-refractivity contribution is 0.412. The van der Waals surface area contributed by atoms with Crippen molar-refractivity contribution in [1.82, 2.24) is 9.97 Å². The third kappa shape index (κ3) is 5.21. The number of aromatic nitrogens is 2. The molecule has 0 bridgehead atoms. The molecule has 0 amide bonds. The van der Waals surface area contributed by atoms with E-state index in [-0.39, 0.29) is 0 Å². The van der Waals surface area contributed by atoms with E-state index in [1.54, 1.807) is 18.9 Å². The molecule has 5 rings (SSSR count). The molecule has 1 aliphatic heterocycles. The lowest BCUT2D eigenvalue weighted by atomic mass is 10.0. The number of rotatable bonds is 5. The molecule has 1 saturated carbocycles. The van der Waals surface area contributed by atoms with E-state index in [0.717, 1.165) is 30.0 Å². The number of thioether (sulfide) groups is 1.